The fourth-order valence-electron chi connectivity index (χ4n) is 4.64. The summed E-state index contributed by atoms with van der Waals surface area (Å²) in [4.78, 5) is 0. The number of rotatable bonds is 4. The smallest absolute Gasteiger partial charge is 0.0585 e. The molecule has 2 saturated carbocycles. The Labute approximate surface area is 131 Å². The van der Waals surface area contributed by atoms with Gasteiger partial charge in [-0.05, 0) is 49.4 Å². The lowest BCUT2D eigenvalue weighted by molar-refractivity contribution is -0.0860. The minimum absolute atomic E-state index is 0.344. The molecule has 3 nitrogen and oxygen atoms in total. The fourth-order valence-corrected chi connectivity index (χ4v) is 4.64. The summed E-state index contributed by atoms with van der Waals surface area (Å²) >= 11 is 0. The van der Waals surface area contributed by atoms with Crippen LogP contribution in [0.2, 0.25) is 0 Å². The zero-order chi connectivity index (χ0) is 15.6. The maximum atomic E-state index is 6.52. The van der Waals surface area contributed by atoms with Crippen molar-refractivity contribution in [3.05, 3.63) is 0 Å². The first kappa shape index (κ1) is 17.2. The summed E-state index contributed by atoms with van der Waals surface area (Å²) in [7, 11) is 0. The molecule has 21 heavy (non-hydrogen) atoms. The third-order valence-electron chi connectivity index (χ3n) is 6.24. The minimum Gasteiger partial charge on any atom is -0.375 e. The predicted octanol–water partition coefficient (Wildman–Crippen LogP) is 3.31. The normalized spacial score (nSPS) is 48.3. The number of ether oxygens (including phenoxy) is 1. The lowest BCUT2D eigenvalue weighted by Crippen LogP contribution is -2.48. The first-order valence-electron chi connectivity index (χ1n) is 9.12. The Bertz CT molecular complexity index is 296. The van der Waals surface area contributed by atoms with E-state index in [-0.39, 0.29) is 0 Å². The van der Waals surface area contributed by atoms with Crippen LogP contribution in [-0.4, -0.2) is 24.3 Å². The Morgan fingerprint density at radius 3 is 1.62 bits per heavy atom. The quantitative estimate of drug-likeness (QED) is 0.836. The van der Waals surface area contributed by atoms with Crippen molar-refractivity contribution in [2.24, 2.45) is 35.1 Å². The van der Waals surface area contributed by atoms with Gasteiger partial charge in [-0.25, -0.2) is 0 Å². The van der Waals surface area contributed by atoms with Crippen LogP contribution in [0.5, 0.6) is 0 Å². The van der Waals surface area contributed by atoms with Gasteiger partial charge >= 0.3 is 0 Å². The highest BCUT2D eigenvalue weighted by atomic mass is 16.5. The molecule has 124 valence electrons. The van der Waals surface area contributed by atoms with Gasteiger partial charge in [0.15, 0.2) is 0 Å². The molecule has 2 aliphatic carbocycles. The van der Waals surface area contributed by atoms with Crippen LogP contribution in [0.4, 0.5) is 0 Å². The van der Waals surface area contributed by atoms with Gasteiger partial charge in [0.05, 0.1) is 12.2 Å². The minimum atomic E-state index is 0.344. The molecule has 4 atom stereocenters. The highest BCUT2D eigenvalue weighted by Crippen LogP contribution is 2.37. The van der Waals surface area contributed by atoms with Crippen LogP contribution >= 0.6 is 0 Å². The van der Waals surface area contributed by atoms with E-state index in [0.717, 1.165) is 25.7 Å². The zero-order valence-corrected chi connectivity index (χ0v) is 14.4. The van der Waals surface area contributed by atoms with Crippen LogP contribution in [0.3, 0.4) is 0 Å². The van der Waals surface area contributed by atoms with Crippen LogP contribution in [0.25, 0.3) is 0 Å². The number of nitrogens with two attached hydrogens (primary N) is 2. The third-order valence-corrected chi connectivity index (χ3v) is 6.24. The van der Waals surface area contributed by atoms with E-state index in [1.54, 1.807) is 0 Å². The van der Waals surface area contributed by atoms with Gasteiger partial charge in [0.1, 0.15) is 0 Å². The van der Waals surface area contributed by atoms with Gasteiger partial charge in [0.25, 0.3) is 0 Å². The second kappa shape index (κ2) is 7.43. The molecular weight excluding hydrogens is 260 g/mol. The Morgan fingerprint density at radius 2 is 1.19 bits per heavy atom. The van der Waals surface area contributed by atoms with Crippen molar-refractivity contribution >= 4 is 0 Å². The van der Waals surface area contributed by atoms with Gasteiger partial charge in [-0.2, -0.15) is 0 Å². The lowest BCUT2D eigenvalue weighted by Gasteiger charge is -2.43. The van der Waals surface area contributed by atoms with Gasteiger partial charge in [-0.15, -0.1) is 0 Å². The van der Waals surface area contributed by atoms with Crippen molar-refractivity contribution in [3.8, 4) is 0 Å². The molecule has 0 aromatic carbocycles. The molecule has 0 aliphatic heterocycles. The second-order valence-corrected chi connectivity index (χ2v) is 7.77. The van der Waals surface area contributed by atoms with Crippen molar-refractivity contribution < 1.29 is 4.74 Å². The van der Waals surface area contributed by atoms with E-state index >= 15 is 0 Å². The molecule has 2 aliphatic rings. The summed E-state index contributed by atoms with van der Waals surface area (Å²) in [6.45, 7) is 9.08. The van der Waals surface area contributed by atoms with Crippen molar-refractivity contribution in [1.82, 2.24) is 0 Å². The number of hydrogen-bond donors (Lipinski definition) is 2. The molecule has 4 unspecified atom stereocenters. The molecule has 0 spiro atoms. The lowest BCUT2D eigenvalue weighted by atomic mass is 9.73. The zero-order valence-electron chi connectivity index (χ0n) is 14.4. The average molecular weight is 296 g/mol. The number of hydrogen-bond acceptors (Lipinski definition) is 3. The van der Waals surface area contributed by atoms with Crippen molar-refractivity contribution in [1.29, 1.82) is 0 Å². The van der Waals surface area contributed by atoms with E-state index in [9.17, 15) is 0 Å². The first-order chi connectivity index (χ1) is 9.96. The van der Waals surface area contributed by atoms with Crippen LogP contribution < -0.4 is 11.5 Å². The van der Waals surface area contributed by atoms with Crippen molar-refractivity contribution in [2.75, 3.05) is 0 Å². The van der Waals surface area contributed by atoms with E-state index in [1.165, 1.54) is 12.8 Å². The maximum Gasteiger partial charge on any atom is 0.0585 e. The summed E-state index contributed by atoms with van der Waals surface area (Å²) < 4.78 is 6.52. The predicted molar refractivity (Wildman–Crippen MR) is 89.0 cm³/mol. The largest absolute Gasteiger partial charge is 0.375 e. The molecule has 4 N–H and O–H groups in total. The molecule has 0 heterocycles. The van der Waals surface area contributed by atoms with E-state index in [0.29, 0.717) is 48.0 Å². The van der Waals surface area contributed by atoms with E-state index in [2.05, 4.69) is 27.7 Å². The van der Waals surface area contributed by atoms with Crippen molar-refractivity contribution in [2.45, 2.75) is 90.5 Å². The fraction of sp³-hybridized carbons (Fsp3) is 1.00. The first-order valence-corrected chi connectivity index (χ1v) is 9.12. The summed E-state index contributed by atoms with van der Waals surface area (Å²) in [6.07, 6.45) is 7.74. The molecule has 2 rings (SSSR count). The molecule has 0 aromatic rings. The Kier molecular flexibility index (Phi) is 6.10. The molecule has 0 bridgehead atoms. The summed E-state index contributed by atoms with van der Waals surface area (Å²) in [5.74, 6) is 2.42. The van der Waals surface area contributed by atoms with E-state index in [1.807, 2.05) is 0 Å². The van der Waals surface area contributed by atoms with Gasteiger partial charge in [0, 0.05) is 12.1 Å². The molecule has 2 fully saturated rings. The molecule has 0 aromatic heterocycles. The Balaban J connectivity index is 1.93. The van der Waals surface area contributed by atoms with Crippen LogP contribution in [-0.2, 0) is 4.74 Å². The van der Waals surface area contributed by atoms with Gasteiger partial charge in [-0.1, -0.05) is 40.5 Å². The van der Waals surface area contributed by atoms with Crippen LogP contribution in [0, 0.1) is 23.7 Å². The van der Waals surface area contributed by atoms with Crippen molar-refractivity contribution in [3.63, 3.8) is 0 Å². The second-order valence-electron chi connectivity index (χ2n) is 7.77. The molecule has 0 amide bonds. The highest BCUT2D eigenvalue weighted by Gasteiger charge is 2.37. The average Bonchev–Trinajstić information content (AvgIpc) is 2.46. The Morgan fingerprint density at radius 1 is 0.762 bits per heavy atom. The molecule has 0 radical (unpaired) electrons. The van der Waals surface area contributed by atoms with Crippen LogP contribution in [0.1, 0.15) is 66.2 Å². The maximum absolute atomic E-state index is 6.52. The summed E-state index contributed by atoms with van der Waals surface area (Å²) in [5, 5.41) is 0. The molecule has 3 heteroatoms. The SMILES string of the molecule is CCC1CC(OC2CC(C)C(N)C(C)C2)CC(CC)C1N. The Hall–Kier alpha value is -0.120. The van der Waals surface area contributed by atoms with Gasteiger partial charge in [0.2, 0.25) is 0 Å². The van der Waals surface area contributed by atoms with Gasteiger partial charge in [-0.3, -0.25) is 0 Å². The summed E-state index contributed by atoms with van der Waals surface area (Å²) in [6, 6.07) is 0.717. The summed E-state index contributed by atoms with van der Waals surface area (Å²) in [5.41, 5.74) is 12.7. The molecular formula is C18H36N2O. The standard InChI is InChI=1S/C18H36N2O/c1-5-13-9-16(10-14(6-2)18(13)20)21-15-7-11(3)17(19)12(4)8-15/h11-18H,5-10,19-20H2,1-4H3. The monoisotopic (exact) mass is 296 g/mol. The van der Waals surface area contributed by atoms with E-state index in [4.69, 9.17) is 16.2 Å². The molecule has 0 saturated heterocycles. The van der Waals surface area contributed by atoms with E-state index < -0.39 is 0 Å². The topological polar surface area (TPSA) is 61.3 Å². The highest BCUT2D eigenvalue weighted by molar-refractivity contribution is 4.90. The van der Waals surface area contributed by atoms with Gasteiger partial charge < -0.3 is 16.2 Å². The van der Waals surface area contributed by atoms with Crippen LogP contribution in [0.15, 0.2) is 0 Å². The third kappa shape index (κ3) is 4.00.